The third kappa shape index (κ3) is 2.48. The smallest absolute Gasteiger partial charge is 0.177 e. The summed E-state index contributed by atoms with van der Waals surface area (Å²) in [5.74, 6) is 2.32. The molecule has 4 rings (SSSR count). The fraction of sp³-hybridized carbons (Fsp3) is 0.467. The molecule has 114 valence electrons. The zero-order valence-corrected chi connectivity index (χ0v) is 12.5. The molecule has 3 aromatic heterocycles. The molecule has 7 nitrogen and oxygen atoms in total. The fourth-order valence-corrected chi connectivity index (χ4v) is 3.05. The third-order valence-corrected chi connectivity index (χ3v) is 4.24. The van der Waals surface area contributed by atoms with Crippen LogP contribution in [0.3, 0.4) is 0 Å². The summed E-state index contributed by atoms with van der Waals surface area (Å²) in [7, 11) is 0. The number of likely N-dealkylation sites (tertiary alicyclic amines) is 1. The molecule has 7 heteroatoms. The molecular formula is C15H18N6O. The lowest BCUT2D eigenvalue weighted by atomic mass is 9.96. The van der Waals surface area contributed by atoms with Crippen molar-refractivity contribution in [2.75, 3.05) is 13.1 Å². The lowest BCUT2D eigenvalue weighted by Crippen LogP contribution is -2.33. The molecular weight excluding hydrogens is 280 g/mol. The van der Waals surface area contributed by atoms with Crippen LogP contribution < -0.4 is 0 Å². The van der Waals surface area contributed by atoms with Crippen LogP contribution in [-0.2, 0) is 6.54 Å². The van der Waals surface area contributed by atoms with Gasteiger partial charge in [0.05, 0.1) is 18.4 Å². The maximum atomic E-state index is 5.18. The van der Waals surface area contributed by atoms with Crippen LogP contribution in [0.25, 0.3) is 5.65 Å². The van der Waals surface area contributed by atoms with Crippen LogP contribution in [0.4, 0.5) is 0 Å². The van der Waals surface area contributed by atoms with Crippen LogP contribution in [0, 0.1) is 6.92 Å². The Hall–Kier alpha value is -2.28. The van der Waals surface area contributed by atoms with E-state index in [9.17, 15) is 0 Å². The van der Waals surface area contributed by atoms with Gasteiger partial charge in [-0.1, -0.05) is 5.16 Å². The Labute approximate surface area is 127 Å². The fourth-order valence-electron chi connectivity index (χ4n) is 3.05. The summed E-state index contributed by atoms with van der Waals surface area (Å²) in [6.07, 6.45) is 3.81. The van der Waals surface area contributed by atoms with E-state index >= 15 is 0 Å². The van der Waals surface area contributed by atoms with E-state index < -0.39 is 0 Å². The molecule has 0 atom stereocenters. The molecule has 0 spiro atoms. The van der Waals surface area contributed by atoms with E-state index in [2.05, 4.69) is 25.4 Å². The van der Waals surface area contributed by atoms with Crippen molar-refractivity contribution in [1.82, 2.24) is 29.9 Å². The predicted molar refractivity (Wildman–Crippen MR) is 79.3 cm³/mol. The average molecular weight is 298 g/mol. The monoisotopic (exact) mass is 298 g/mol. The molecule has 0 bridgehead atoms. The Kier molecular flexibility index (Phi) is 3.34. The van der Waals surface area contributed by atoms with Gasteiger partial charge in [-0.05, 0) is 45.0 Å². The van der Waals surface area contributed by atoms with Gasteiger partial charge in [-0.3, -0.25) is 4.90 Å². The first-order valence-corrected chi connectivity index (χ1v) is 7.60. The predicted octanol–water partition coefficient (Wildman–Crippen LogP) is 1.80. The van der Waals surface area contributed by atoms with Crippen molar-refractivity contribution < 1.29 is 4.52 Å². The molecule has 0 radical (unpaired) electrons. The SMILES string of the molecule is Cc1ccc2nnc(C3CCN(Cc4ccno4)CC3)n2n1. The summed E-state index contributed by atoms with van der Waals surface area (Å²) in [6, 6.07) is 5.86. The zero-order chi connectivity index (χ0) is 14.9. The molecule has 3 aromatic rings. The summed E-state index contributed by atoms with van der Waals surface area (Å²) in [5, 5.41) is 16.9. The maximum Gasteiger partial charge on any atom is 0.177 e. The van der Waals surface area contributed by atoms with Gasteiger partial charge < -0.3 is 4.52 Å². The summed E-state index contributed by atoms with van der Waals surface area (Å²) in [6.45, 7) is 4.85. The molecule has 0 aliphatic carbocycles. The number of rotatable bonds is 3. The number of piperidine rings is 1. The molecule has 1 aliphatic heterocycles. The van der Waals surface area contributed by atoms with Crippen LogP contribution in [0.5, 0.6) is 0 Å². The molecule has 0 saturated carbocycles. The maximum absolute atomic E-state index is 5.18. The molecule has 0 aromatic carbocycles. The Morgan fingerprint density at radius 3 is 2.82 bits per heavy atom. The van der Waals surface area contributed by atoms with Gasteiger partial charge in [0.2, 0.25) is 0 Å². The zero-order valence-electron chi connectivity index (χ0n) is 12.5. The highest BCUT2D eigenvalue weighted by Gasteiger charge is 2.25. The van der Waals surface area contributed by atoms with Gasteiger partial charge in [0.1, 0.15) is 0 Å². The largest absolute Gasteiger partial charge is 0.360 e. The molecule has 0 amide bonds. The lowest BCUT2D eigenvalue weighted by molar-refractivity contribution is 0.181. The number of aryl methyl sites for hydroxylation is 1. The van der Waals surface area contributed by atoms with Crippen LogP contribution >= 0.6 is 0 Å². The number of hydrogen-bond acceptors (Lipinski definition) is 6. The van der Waals surface area contributed by atoms with Gasteiger partial charge in [0.25, 0.3) is 0 Å². The van der Waals surface area contributed by atoms with Crippen molar-refractivity contribution in [3.05, 3.63) is 41.7 Å². The minimum Gasteiger partial charge on any atom is -0.360 e. The first-order valence-electron chi connectivity index (χ1n) is 7.60. The van der Waals surface area contributed by atoms with Crippen LogP contribution in [0.15, 0.2) is 28.9 Å². The molecule has 1 fully saturated rings. The Morgan fingerprint density at radius 2 is 2.05 bits per heavy atom. The summed E-state index contributed by atoms with van der Waals surface area (Å²) in [4.78, 5) is 2.39. The molecule has 22 heavy (non-hydrogen) atoms. The van der Waals surface area contributed by atoms with Crippen LogP contribution in [-0.4, -0.2) is 43.0 Å². The van der Waals surface area contributed by atoms with Gasteiger partial charge >= 0.3 is 0 Å². The van der Waals surface area contributed by atoms with Crippen molar-refractivity contribution in [2.45, 2.75) is 32.2 Å². The molecule has 1 aliphatic rings. The number of hydrogen-bond donors (Lipinski definition) is 0. The second-order valence-electron chi connectivity index (χ2n) is 5.83. The third-order valence-electron chi connectivity index (χ3n) is 4.24. The quantitative estimate of drug-likeness (QED) is 0.734. The molecule has 1 saturated heterocycles. The first kappa shape index (κ1) is 13.4. The Bertz CT molecular complexity index is 758. The van der Waals surface area contributed by atoms with E-state index in [0.717, 1.165) is 55.4 Å². The first-order chi connectivity index (χ1) is 10.8. The second-order valence-corrected chi connectivity index (χ2v) is 5.83. The van der Waals surface area contributed by atoms with E-state index in [-0.39, 0.29) is 0 Å². The minimum absolute atomic E-state index is 0.412. The van der Waals surface area contributed by atoms with Crippen molar-refractivity contribution in [1.29, 1.82) is 0 Å². The van der Waals surface area contributed by atoms with Gasteiger partial charge in [-0.25, -0.2) is 0 Å². The van der Waals surface area contributed by atoms with Gasteiger partial charge in [0, 0.05) is 12.0 Å². The number of aromatic nitrogens is 5. The summed E-state index contributed by atoms with van der Waals surface area (Å²) in [5.41, 5.74) is 1.81. The van der Waals surface area contributed by atoms with Crippen molar-refractivity contribution >= 4 is 5.65 Å². The number of nitrogens with zero attached hydrogens (tertiary/aromatic N) is 6. The molecule has 4 heterocycles. The van der Waals surface area contributed by atoms with Gasteiger partial charge in [-0.15, -0.1) is 10.2 Å². The second kappa shape index (κ2) is 5.49. The summed E-state index contributed by atoms with van der Waals surface area (Å²) >= 11 is 0. The van der Waals surface area contributed by atoms with Crippen molar-refractivity contribution in [2.24, 2.45) is 0 Å². The van der Waals surface area contributed by atoms with Gasteiger partial charge in [-0.2, -0.15) is 9.61 Å². The molecule has 0 N–H and O–H groups in total. The van der Waals surface area contributed by atoms with E-state index in [0.29, 0.717) is 5.92 Å². The van der Waals surface area contributed by atoms with Gasteiger partial charge in [0.15, 0.2) is 17.2 Å². The molecule has 0 unspecified atom stereocenters. The van der Waals surface area contributed by atoms with Crippen molar-refractivity contribution in [3.8, 4) is 0 Å². The highest BCUT2D eigenvalue weighted by atomic mass is 16.5. The Morgan fingerprint density at radius 1 is 1.18 bits per heavy atom. The number of fused-ring (bicyclic) bond motifs is 1. The highest BCUT2D eigenvalue weighted by molar-refractivity contribution is 5.36. The van der Waals surface area contributed by atoms with E-state index in [1.165, 1.54) is 0 Å². The minimum atomic E-state index is 0.412. The van der Waals surface area contributed by atoms with E-state index in [1.54, 1.807) is 6.20 Å². The lowest BCUT2D eigenvalue weighted by Gasteiger charge is -2.30. The normalized spacial score (nSPS) is 17.3. The Balaban J connectivity index is 1.47. The van der Waals surface area contributed by atoms with Crippen molar-refractivity contribution in [3.63, 3.8) is 0 Å². The van der Waals surface area contributed by atoms with E-state index in [4.69, 9.17) is 4.52 Å². The van der Waals surface area contributed by atoms with Crippen LogP contribution in [0.1, 0.15) is 36.0 Å². The van der Waals surface area contributed by atoms with E-state index in [1.807, 2.05) is 29.6 Å². The standard InChI is InChI=1S/C15H18N6O/c1-11-2-3-14-17-18-15(21(14)19-11)12-5-8-20(9-6-12)10-13-4-7-16-22-13/h2-4,7,12H,5-6,8-10H2,1H3. The average Bonchev–Trinajstić information content (AvgIpc) is 3.17. The highest BCUT2D eigenvalue weighted by Crippen LogP contribution is 2.27. The topological polar surface area (TPSA) is 72.4 Å². The summed E-state index contributed by atoms with van der Waals surface area (Å²) < 4.78 is 7.07. The van der Waals surface area contributed by atoms with Crippen LogP contribution in [0.2, 0.25) is 0 Å².